The number of likely N-dealkylation sites (tertiary alicyclic amines) is 1. The van der Waals surface area contributed by atoms with Gasteiger partial charge in [0, 0.05) is 18.6 Å². The van der Waals surface area contributed by atoms with Crippen LogP contribution in [0.2, 0.25) is 0 Å². The molecule has 1 aliphatic carbocycles. The summed E-state index contributed by atoms with van der Waals surface area (Å²) in [4.78, 5) is 2.71. The number of rotatable bonds is 4. The van der Waals surface area contributed by atoms with E-state index in [9.17, 15) is 0 Å². The summed E-state index contributed by atoms with van der Waals surface area (Å²) >= 11 is 0. The number of hydrogen-bond donors (Lipinski definition) is 1. The van der Waals surface area contributed by atoms with E-state index in [1.54, 1.807) is 0 Å². The highest BCUT2D eigenvalue weighted by Crippen LogP contribution is 2.36. The van der Waals surface area contributed by atoms with E-state index in [1.807, 2.05) is 0 Å². The summed E-state index contributed by atoms with van der Waals surface area (Å²) in [5.41, 5.74) is 5.80. The smallest absolute Gasteiger partial charge is 0.00725 e. The molecule has 1 aliphatic heterocycles. The Hall–Kier alpha value is -0.0800. The molecule has 0 radical (unpaired) electrons. The van der Waals surface area contributed by atoms with Crippen molar-refractivity contribution in [2.24, 2.45) is 17.6 Å². The topological polar surface area (TPSA) is 29.3 Å². The Bertz CT molecular complexity index is 201. The minimum atomic E-state index is 0.753. The van der Waals surface area contributed by atoms with Crippen LogP contribution in [-0.2, 0) is 0 Å². The van der Waals surface area contributed by atoms with E-state index in [-0.39, 0.29) is 0 Å². The van der Waals surface area contributed by atoms with Gasteiger partial charge in [-0.25, -0.2) is 0 Å². The van der Waals surface area contributed by atoms with Crippen LogP contribution >= 0.6 is 0 Å². The van der Waals surface area contributed by atoms with Gasteiger partial charge in [0.1, 0.15) is 0 Å². The number of hydrogen-bond acceptors (Lipinski definition) is 2. The van der Waals surface area contributed by atoms with Gasteiger partial charge < -0.3 is 5.73 Å². The third kappa shape index (κ3) is 2.94. The van der Waals surface area contributed by atoms with E-state index < -0.39 is 0 Å². The summed E-state index contributed by atoms with van der Waals surface area (Å²) in [5.74, 6) is 1.80. The van der Waals surface area contributed by atoms with Gasteiger partial charge in [-0.3, -0.25) is 4.90 Å². The third-order valence-electron chi connectivity index (χ3n) is 4.30. The minimum Gasteiger partial charge on any atom is -0.330 e. The average molecular weight is 210 g/mol. The molecule has 0 aromatic carbocycles. The molecule has 0 aromatic rings. The first-order valence-corrected chi connectivity index (χ1v) is 6.66. The molecule has 3 atom stereocenters. The normalized spacial score (nSPS) is 35.4. The Kier molecular flexibility index (Phi) is 3.68. The van der Waals surface area contributed by atoms with E-state index in [2.05, 4.69) is 18.7 Å². The van der Waals surface area contributed by atoms with Crippen molar-refractivity contribution in [3.8, 4) is 0 Å². The van der Waals surface area contributed by atoms with Gasteiger partial charge in [-0.2, -0.15) is 0 Å². The van der Waals surface area contributed by atoms with Crippen molar-refractivity contribution in [1.29, 1.82) is 0 Å². The maximum atomic E-state index is 5.80. The Morgan fingerprint density at radius 3 is 2.47 bits per heavy atom. The zero-order chi connectivity index (χ0) is 10.8. The zero-order valence-corrected chi connectivity index (χ0v) is 10.3. The molecule has 1 saturated carbocycles. The SMILES string of the molecule is CC1CCC(CN)CN1C(C)CC1CC1. The van der Waals surface area contributed by atoms with E-state index in [1.165, 1.54) is 38.6 Å². The van der Waals surface area contributed by atoms with Crippen LogP contribution in [0.15, 0.2) is 0 Å². The molecule has 1 saturated heterocycles. The molecule has 2 fully saturated rings. The highest BCUT2D eigenvalue weighted by molar-refractivity contribution is 4.86. The van der Waals surface area contributed by atoms with Crippen molar-refractivity contribution in [2.75, 3.05) is 13.1 Å². The summed E-state index contributed by atoms with van der Waals surface area (Å²) in [7, 11) is 0. The van der Waals surface area contributed by atoms with Gasteiger partial charge in [-0.1, -0.05) is 12.8 Å². The first-order valence-electron chi connectivity index (χ1n) is 6.66. The highest BCUT2D eigenvalue weighted by Gasteiger charge is 2.31. The van der Waals surface area contributed by atoms with Gasteiger partial charge in [0.25, 0.3) is 0 Å². The van der Waals surface area contributed by atoms with Gasteiger partial charge in [-0.15, -0.1) is 0 Å². The number of piperidine rings is 1. The largest absolute Gasteiger partial charge is 0.330 e. The Balaban J connectivity index is 1.85. The molecule has 2 N–H and O–H groups in total. The zero-order valence-electron chi connectivity index (χ0n) is 10.3. The second kappa shape index (κ2) is 4.84. The summed E-state index contributed by atoms with van der Waals surface area (Å²) in [6.07, 6.45) is 7.06. The maximum Gasteiger partial charge on any atom is 0.00725 e. The molecular formula is C13H26N2. The molecule has 0 aromatic heterocycles. The molecule has 0 amide bonds. The second-order valence-corrected chi connectivity index (χ2v) is 5.75. The molecule has 0 bridgehead atoms. The van der Waals surface area contributed by atoms with Crippen molar-refractivity contribution >= 4 is 0 Å². The Morgan fingerprint density at radius 1 is 1.20 bits per heavy atom. The van der Waals surface area contributed by atoms with Crippen LogP contribution in [0.3, 0.4) is 0 Å². The van der Waals surface area contributed by atoms with E-state index >= 15 is 0 Å². The molecular weight excluding hydrogens is 184 g/mol. The lowest BCUT2D eigenvalue weighted by atomic mass is 9.91. The third-order valence-corrected chi connectivity index (χ3v) is 4.30. The summed E-state index contributed by atoms with van der Waals surface area (Å²) in [6, 6.07) is 1.56. The van der Waals surface area contributed by atoms with Crippen LogP contribution < -0.4 is 5.73 Å². The van der Waals surface area contributed by atoms with Crippen LogP contribution in [-0.4, -0.2) is 30.1 Å². The first kappa shape index (κ1) is 11.4. The molecule has 2 rings (SSSR count). The summed E-state index contributed by atoms with van der Waals surface area (Å²) in [6.45, 7) is 6.91. The minimum absolute atomic E-state index is 0.753. The van der Waals surface area contributed by atoms with Gasteiger partial charge in [-0.05, 0) is 51.5 Å². The molecule has 2 heteroatoms. The predicted molar refractivity (Wildman–Crippen MR) is 64.7 cm³/mol. The lowest BCUT2D eigenvalue weighted by Gasteiger charge is -2.41. The first-order chi connectivity index (χ1) is 7.20. The van der Waals surface area contributed by atoms with Crippen LogP contribution in [0.5, 0.6) is 0 Å². The molecule has 3 unspecified atom stereocenters. The van der Waals surface area contributed by atoms with Gasteiger partial charge in [0.05, 0.1) is 0 Å². The fraction of sp³-hybridized carbons (Fsp3) is 1.00. The number of nitrogens with zero attached hydrogens (tertiary/aromatic N) is 1. The Morgan fingerprint density at radius 2 is 1.87 bits per heavy atom. The van der Waals surface area contributed by atoms with Crippen molar-refractivity contribution in [3.05, 3.63) is 0 Å². The predicted octanol–water partition coefficient (Wildman–Crippen LogP) is 2.23. The van der Waals surface area contributed by atoms with Crippen molar-refractivity contribution in [1.82, 2.24) is 4.90 Å². The molecule has 1 heterocycles. The monoisotopic (exact) mass is 210 g/mol. The lowest BCUT2D eigenvalue weighted by Crippen LogP contribution is -2.48. The standard InChI is InChI=1S/C13H26N2/c1-10-3-4-13(8-14)9-15(10)11(2)7-12-5-6-12/h10-13H,3-9,14H2,1-2H3. The average Bonchev–Trinajstić information content (AvgIpc) is 3.02. The lowest BCUT2D eigenvalue weighted by molar-refractivity contribution is 0.0750. The summed E-state index contributed by atoms with van der Waals surface area (Å²) in [5, 5.41) is 0. The van der Waals surface area contributed by atoms with Gasteiger partial charge in [0.15, 0.2) is 0 Å². The maximum absolute atomic E-state index is 5.80. The number of nitrogens with two attached hydrogens (primary N) is 1. The Labute approximate surface area is 94.2 Å². The van der Waals surface area contributed by atoms with Crippen molar-refractivity contribution < 1.29 is 0 Å². The quantitative estimate of drug-likeness (QED) is 0.771. The van der Waals surface area contributed by atoms with Gasteiger partial charge in [0.2, 0.25) is 0 Å². The van der Waals surface area contributed by atoms with Crippen LogP contribution in [0.25, 0.3) is 0 Å². The fourth-order valence-corrected chi connectivity index (χ4v) is 2.99. The van der Waals surface area contributed by atoms with E-state index in [0.29, 0.717) is 0 Å². The molecule has 15 heavy (non-hydrogen) atoms. The molecule has 0 spiro atoms. The fourth-order valence-electron chi connectivity index (χ4n) is 2.99. The highest BCUT2D eigenvalue weighted by atomic mass is 15.2. The van der Waals surface area contributed by atoms with Crippen molar-refractivity contribution in [2.45, 2.75) is 58.0 Å². The van der Waals surface area contributed by atoms with Crippen LogP contribution in [0.1, 0.15) is 46.0 Å². The van der Waals surface area contributed by atoms with Gasteiger partial charge >= 0.3 is 0 Å². The van der Waals surface area contributed by atoms with Crippen molar-refractivity contribution in [3.63, 3.8) is 0 Å². The molecule has 88 valence electrons. The molecule has 2 nitrogen and oxygen atoms in total. The molecule has 2 aliphatic rings. The van der Waals surface area contributed by atoms with E-state index in [0.717, 1.165) is 30.5 Å². The van der Waals surface area contributed by atoms with Crippen LogP contribution in [0.4, 0.5) is 0 Å². The summed E-state index contributed by atoms with van der Waals surface area (Å²) < 4.78 is 0. The second-order valence-electron chi connectivity index (χ2n) is 5.75. The van der Waals surface area contributed by atoms with Crippen LogP contribution in [0, 0.1) is 11.8 Å². The van der Waals surface area contributed by atoms with E-state index in [4.69, 9.17) is 5.73 Å².